The van der Waals surface area contributed by atoms with Gasteiger partial charge in [0, 0.05) is 12.7 Å². The van der Waals surface area contributed by atoms with Gasteiger partial charge in [-0.15, -0.1) is 0 Å². The summed E-state index contributed by atoms with van der Waals surface area (Å²) in [5.74, 6) is 0.749. The van der Waals surface area contributed by atoms with E-state index in [4.69, 9.17) is 5.73 Å². The molecule has 2 heterocycles. The molecule has 1 aromatic heterocycles. The van der Waals surface area contributed by atoms with Crippen molar-refractivity contribution < 1.29 is 9.53 Å². The van der Waals surface area contributed by atoms with Gasteiger partial charge in [-0.2, -0.15) is 0 Å². The third-order valence-electron chi connectivity index (χ3n) is 2.04. The molecule has 1 aliphatic heterocycles. The number of hydrazine groups is 1. The standard InChI is InChI=1S/C10H12N4O2/c11-10(15)16-7-8-3-1-4-9(13-8)14-6-2-5-12-14/h1-4,6,12H,5,7H2,(H2,11,15). The van der Waals surface area contributed by atoms with E-state index in [1.807, 2.05) is 24.4 Å². The van der Waals surface area contributed by atoms with Gasteiger partial charge >= 0.3 is 6.09 Å². The Morgan fingerprint density at radius 3 is 3.19 bits per heavy atom. The molecule has 0 saturated heterocycles. The van der Waals surface area contributed by atoms with Gasteiger partial charge in [0.2, 0.25) is 0 Å². The van der Waals surface area contributed by atoms with Crippen molar-refractivity contribution >= 4 is 11.9 Å². The Bertz CT molecular complexity index is 419. The van der Waals surface area contributed by atoms with Crippen molar-refractivity contribution in [2.24, 2.45) is 5.73 Å². The maximum atomic E-state index is 10.5. The fourth-order valence-electron chi connectivity index (χ4n) is 1.35. The van der Waals surface area contributed by atoms with E-state index in [-0.39, 0.29) is 6.61 Å². The number of nitrogens with zero attached hydrogens (tertiary/aromatic N) is 2. The Hall–Kier alpha value is -2.08. The first-order valence-electron chi connectivity index (χ1n) is 4.83. The van der Waals surface area contributed by atoms with Crippen LogP contribution in [0.25, 0.3) is 0 Å². The van der Waals surface area contributed by atoms with E-state index in [0.717, 1.165) is 12.4 Å². The van der Waals surface area contributed by atoms with Crippen molar-refractivity contribution in [2.45, 2.75) is 6.61 Å². The second kappa shape index (κ2) is 4.63. The fraction of sp³-hybridized carbons (Fsp3) is 0.200. The Kier molecular flexibility index (Phi) is 3.02. The van der Waals surface area contributed by atoms with E-state index < -0.39 is 6.09 Å². The monoisotopic (exact) mass is 220 g/mol. The number of carbonyl (C=O) groups excluding carboxylic acids is 1. The number of nitrogens with one attached hydrogen (secondary N) is 1. The zero-order valence-electron chi connectivity index (χ0n) is 8.59. The molecule has 1 amide bonds. The Balaban J connectivity index is 2.06. The van der Waals surface area contributed by atoms with E-state index in [0.29, 0.717) is 5.69 Å². The van der Waals surface area contributed by atoms with Crippen LogP contribution in [0.1, 0.15) is 5.69 Å². The quantitative estimate of drug-likeness (QED) is 0.776. The van der Waals surface area contributed by atoms with Crippen LogP contribution in [-0.2, 0) is 11.3 Å². The molecule has 0 atom stereocenters. The third kappa shape index (κ3) is 2.48. The minimum atomic E-state index is -0.800. The van der Waals surface area contributed by atoms with Gasteiger partial charge in [-0.1, -0.05) is 12.1 Å². The number of anilines is 1. The molecule has 0 aromatic carbocycles. The number of rotatable bonds is 3. The Labute approximate surface area is 92.7 Å². The zero-order valence-corrected chi connectivity index (χ0v) is 8.59. The van der Waals surface area contributed by atoms with Gasteiger partial charge in [-0.25, -0.2) is 15.2 Å². The van der Waals surface area contributed by atoms with Gasteiger partial charge in [0.25, 0.3) is 0 Å². The molecule has 6 heteroatoms. The molecule has 0 radical (unpaired) electrons. The highest BCUT2D eigenvalue weighted by Gasteiger charge is 2.08. The molecule has 0 aliphatic carbocycles. The van der Waals surface area contributed by atoms with Crippen LogP contribution < -0.4 is 16.2 Å². The van der Waals surface area contributed by atoms with Gasteiger partial charge in [-0.05, 0) is 12.1 Å². The van der Waals surface area contributed by atoms with E-state index in [2.05, 4.69) is 15.1 Å². The maximum Gasteiger partial charge on any atom is 0.404 e. The number of amides is 1. The van der Waals surface area contributed by atoms with E-state index in [9.17, 15) is 4.79 Å². The van der Waals surface area contributed by atoms with Crippen LogP contribution in [0.2, 0.25) is 0 Å². The van der Waals surface area contributed by atoms with Crippen LogP contribution >= 0.6 is 0 Å². The molecule has 0 bridgehead atoms. The molecule has 0 spiro atoms. The first kappa shape index (κ1) is 10.4. The largest absolute Gasteiger partial charge is 0.443 e. The number of pyridine rings is 1. The van der Waals surface area contributed by atoms with Crippen molar-refractivity contribution in [3.8, 4) is 0 Å². The highest BCUT2D eigenvalue weighted by molar-refractivity contribution is 5.64. The van der Waals surface area contributed by atoms with Crippen molar-refractivity contribution in [3.63, 3.8) is 0 Å². The van der Waals surface area contributed by atoms with Crippen molar-refractivity contribution in [2.75, 3.05) is 11.6 Å². The summed E-state index contributed by atoms with van der Waals surface area (Å²) in [6.07, 6.45) is 3.07. The average Bonchev–Trinajstić information content (AvgIpc) is 2.80. The lowest BCUT2D eigenvalue weighted by Crippen LogP contribution is -2.29. The molecule has 0 unspecified atom stereocenters. The van der Waals surface area contributed by atoms with Crippen LogP contribution in [0.3, 0.4) is 0 Å². The minimum Gasteiger partial charge on any atom is -0.443 e. The van der Waals surface area contributed by atoms with Gasteiger partial charge in [0.15, 0.2) is 0 Å². The lowest BCUT2D eigenvalue weighted by atomic mass is 10.3. The highest BCUT2D eigenvalue weighted by atomic mass is 16.5. The second-order valence-corrected chi connectivity index (χ2v) is 3.21. The Morgan fingerprint density at radius 2 is 2.50 bits per heavy atom. The first-order valence-corrected chi connectivity index (χ1v) is 4.83. The molecule has 6 nitrogen and oxygen atoms in total. The summed E-state index contributed by atoms with van der Waals surface area (Å²) in [7, 11) is 0. The molecular weight excluding hydrogens is 208 g/mol. The summed E-state index contributed by atoms with van der Waals surface area (Å²) < 4.78 is 4.66. The SMILES string of the molecule is NC(=O)OCc1cccc(N2C=CCN2)n1. The number of hydrogen-bond acceptors (Lipinski definition) is 5. The molecule has 2 rings (SSSR count). The van der Waals surface area contributed by atoms with E-state index in [1.54, 1.807) is 11.1 Å². The second-order valence-electron chi connectivity index (χ2n) is 3.21. The van der Waals surface area contributed by atoms with Crippen LogP contribution in [0.4, 0.5) is 10.6 Å². The molecule has 84 valence electrons. The molecule has 3 N–H and O–H groups in total. The molecule has 0 saturated carbocycles. The number of ether oxygens (including phenoxy) is 1. The van der Waals surface area contributed by atoms with Crippen LogP contribution in [0.15, 0.2) is 30.5 Å². The summed E-state index contributed by atoms with van der Waals surface area (Å²) in [6, 6.07) is 5.47. The number of carbonyl (C=O) groups is 1. The van der Waals surface area contributed by atoms with Crippen LogP contribution in [0, 0.1) is 0 Å². The van der Waals surface area contributed by atoms with Gasteiger partial charge < -0.3 is 10.5 Å². The predicted octanol–water partition coefficient (Wildman–Crippen LogP) is 0.515. The number of aromatic nitrogens is 1. The van der Waals surface area contributed by atoms with E-state index in [1.165, 1.54) is 0 Å². The summed E-state index contributed by atoms with van der Waals surface area (Å²) in [5, 5.41) is 1.80. The average molecular weight is 220 g/mol. The number of nitrogens with two attached hydrogens (primary N) is 1. The maximum absolute atomic E-state index is 10.5. The lowest BCUT2D eigenvalue weighted by Gasteiger charge is -2.15. The topological polar surface area (TPSA) is 80.5 Å². The zero-order chi connectivity index (χ0) is 11.4. The molecule has 1 aromatic rings. The molecule has 16 heavy (non-hydrogen) atoms. The summed E-state index contributed by atoms with van der Waals surface area (Å²) >= 11 is 0. The van der Waals surface area contributed by atoms with Crippen molar-refractivity contribution in [3.05, 3.63) is 36.2 Å². The molecule has 0 fully saturated rings. The summed E-state index contributed by atoms with van der Waals surface area (Å²) in [5.41, 5.74) is 8.62. The number of primary amides is 1. The van der Waals surface area contributed by atoms with Crippen molar-refractivity contribution in [1.29, 1.82) is 0 Å². The van der Waals surface area contributed by atoms with Crippen LogP contribution in [0.5, 0.6) is 0 Å². The highest BCUT2D eigenvalue weighted by Crippen LogP contribution is 2.12. The summed E-state index contributed by atoms with van der Waals surface area (Å²) in [4.78, 5) is 14.8. The van der Waals surface area contributed by atoms with Gasteiger partial charge in [0.1, 0.15) is 12.4 Å². The normalized spacial score (nSPS) is 14.1. The third-order valence-corrected chi connectivity index (χ3v) is 2.04. The fourth-order valence-corrected chi connectivity index (χ4v) is 1.35. The first-order chi connectivity index (χ1) is 7.75. The summed E-state index contributed by atoms with van der Waals surface area (Å²) in [6.45, 7) is 0.865. The van der Waals surface area contributed by atoms with Gasteiger partial charge in [-0.3, -0.25) is 5.01 Å². The predicted molar refractivity (Wildman–Crippen MR) is 58.2 cm³/mol. The molecule has 1 aliphatic rings. The molecular formula is C10H12N4O2. The van der Waals surface area contributed by atoms with Gasteiger partial charge in [0.05, 0.1) is 5.69 Å². The van der Waals surface area contributed by atoms with Crippen LogP contribution in [-0.4, -0.2) is 17.6 Å². The Morgan fingerprint density at radius 1 is 1.62 bits per heavy atom. The smallest absolute Gasteiger partial charge is 0.404 e. The lowest BCUT2D eigenvalue weighted by molar-refractivity contribution is 0.149. The van der Waals surface area contributed by atoms with Crippen molar-refractivity contribution in [1.82, 2.24) is 10.4 Å². The number of hydrogen-bond donors (Lipinski definition) is 2. The van der Waals surface area contributed by atoms with E-state index >= 15 is 0 Å². The minimum absolute atomic E-state index is 0.0841.